The van der Waals surface area contributed by atoms with Crippen molar-refractivity contribution in [2.24, 2.45) is 0 Å². The smallest absolute Gasteiger partial charge is 0.311 e. The molecule has 0 spiro atoms. The molecule has 3 aromatic rings. The summed E-state index contributed by atoms with van der Waals surface area (Å²) >= 11 is 0. The minimum absolute atomic E-state index is 0.164. The molecule has 46 heavy (non-hydrogen) atoms. The molecule has 0 fully saturated rings. The van der Waals surface area contributed by atoms with Crippen LogP contribution in [0.5, 0.6) is 0 Å². The Morgan fingerprint density at radius 3 is 0.761 bits per heavy atom. The van der Waals surface area contributed by atoms with Crippen molar-refractivity contribution in [3.8, 4) is 0 Å². The summed E-state index contributed by atoms with van der Waals surface area (Å²) < 4.78 is 72.4. The number of benzene rings is 3. The highest BCUT2D eigenvalue weighted by Crippen LogP contribution is 2.53. The largest absolute Gasteiger partial charge is 0.335 e. The monoisotopic (exact) mass is 695 g/mol. The lowest BCUT2D eigenvalue weighted by molar-refractivity contribution is 0.218. The van der Waals surface area contributed by atoms with Crippen molar-refractivity contribution in [3.63, 3.8) is 0 Å². The van der Waals surface area contributed by atoms with Gasteiger partial charge < -0.3 is 32.0 Å². The van der Waals surface area contributed by atoms with E-state index in [9.17, 15) is 13.7 Å². The molecule has 0 N–H and O–H groups in total. The van der Waals surface area contributed by atoms with Crippen molar-refractivity contribution in [2.75, 3.05) is 44.5 Å². The highest BCUT2D eigenvalue weighted by atomic mass is 31.2. The van der Waals surface area contributed by atoms with Crippen molar-refractivity contribution < 1.29 is 40.8 Å². The minimum atomic E-state index is -3.26. The minimum Gasteiger partial charge on any atom is -0.311 e. The first kappa shape index (κ1) is 38.4. The Hall–Kier alpha value is -2.09. The molecule has 0 radical (unpaired) electrons. The van der Waals surface area contributed by atoms with Gasteiger partial charge in [0.25, 0.3) is 0 Å². The zero-order valence-electron chi connectivity index (χ0n) is 27.8. The summed E-state index contributed by atoms with van der Waals surface area (Å²) in [4.78, 5) is 2.07. The maximum absolute atomic E-state index is 13.1. The number of nitrogens with zero attached hydrogens (tertiary/aromatic N) is 1. The molecule has 10 nitrogen and oxygen atoms in total. The molecule has 0 heterocycles. The third kappa shape index (κ3) is 11.3. The van der Waals surface area contributed by atoms with Crippen LogP contribution < -0.4 is 4.90 Å². The maximum Gasteiger partial charge on any atom is 0.335 e. The molecule has 0 aliphatic carbocycles. The van der Waals surface area contributed by atoms with Crippen LogP contribution in [0.1, 0.15) is 58.2 Å². The Kier molecular flexibility index (Phi) is 15.4. The van der Waals surface area contributed by atoms with Gasteiger partial charge in [-0.1, -0.05) is 36.4 Å². The van der Waals surface area contributed by atoms with Crippen LogP contribution in [0.3, 0.4) is 0 Å². The van der Waals surface area contributed by atoms with Gasteiger partial charge in [0.1, 0.15) is 0 Å². The third-order valence-corrected chi connectivity index (χ3v) is 12.8. The van der Waals surface area contributed by atoms with Crippen molar-refractivity contribution in [2.45, 2.75) is 60.0 Å². The van der Waals surface area contributed by atoms with E-state index in [1.54, 1.807) is 41.5 Å². The standard InChI is InChI=1S/C33H48NO9P3/c1-7-38-44(35,39-8-2)25-28-13-19-31(20-14-28)34(32-21-15-29(16-22-32)26-45(36,40-9-3)41-10-4)33-23-17-30(18-24-33)27-46(37,42-11-5)43-12-6/h13-24H,7-12,25-27H2,1-6H3. The van der Waals surface area contributed by atoms with Crippen LogP contribution in [0.25, 0.3) is 0 Å². The number of hydrogen-bond donors (Lipinski definition) is 0. The molecule has 3 rings (SSSR count). The van der Waals surface area contributed by atoms with Crippen molar-refractivity contribution >= 4 is 39.8 Å². The average molecular weight is 696 g/mol. The predicted octanol–water partition coefficient (Wildman–Crippen LogP) is 10.5. The summed E-state index contributed by atoms with van der Waals surface area (Å²) in [6.45, 7) is 12.5. The van der Waals surface area contributed by atoms with Crippen molar-refractivity contribution in [1.82, 2.24) is 0 Å². The second-order valence-electron chi connectivity index (χ2n) is 10.1. The molecule has 0 amide bonds. The van der Waals surface area contributed by atoms with Gasteiger partial charge in [-0.05, 0) is 94.6 Å². The molecule has 0 aromatic heterocycles. The Labute approximate surface area is 274 Å². The molecule has 0 saturated heterocycles. The zero-order valence-corrected chi connectivity index (χ0v) is 30.4. The first-order valence-electron chi connectivity index (χ1n) is 15.8. The topological polar surface area (TPSA) is 110 Å². The Bertz CT molecular complexity index is 1270. The zero-order chi connectivity index (χ0) is 33.6. The van der Waals surface area contributed by atoms with Gasteiger partial charge in [0.15, 0.2) is 0 Å². The maximum atomic E-state index is 13.1. The normalized spacial score (nSPS) is 12.4. The van der Waals surface area contributed by atoms with E-state index in [0.717, 1.165) is 33.8 Å². The molecule has 0 aliphatic heterocycles. The van der Waals surface area contributed by atoms with Gasteiger partial charge >= 0.3 is 22.8 Å². The lowest BCUT2D eigenvalue weighted by Crippen LogP contribution is -2.10. The quantitative estimate of drug-likeness (QED) is 0.0999. The molecular weight excluding hydrogens is 647 g/mol. The van der Waals surface area contributed by atoms with E-state index in [1.807, 2.05) is 72.8 Å². The van der Waals surface area contributed by atoms with E-state index < -0.39 is 22.8 Å². The van der Waals surface area contributed by atoms with E-state index in [4.69, 9.17) is 27.1 Å². The Morgan fingerprint density at radius 1 is 0.391 bits per heavy atom. The van der Waals surface area contributed by atoms with Crippen LogP contribution in [0.15, 0.2) is 72.8 Å². The molecule has 0 aliphatic rings. The summed E-state index contributed by atoms with van der Waals surface area (Å²) in [7, 11) is -9.79. The Balaban J connectivity index is 1.98. The molecule has 254 valence electrons. The molecule has 0 bridgehead atoms. The van der Waals surface area contributed by atoms with Gasteiger partial charge in [0.2, 0.25) is 0 Å². The second kappa shape index (κ2) is 18.5. The molecular formula is C33H48NO9P3. The second-order valence-corrected chi connectivity index (χ2v) is 16.3. The predicted molar refractivity (Wildman–Crippen MR) is 185 cm³/mol. The fourth-order valence-electron chi connectivity index (χ4n) is 4.94. The van der Waals surface area contributed by atoms with Gasteiger partial charge in [0, 0.05) is 17.1 Å². The van der Waals surface area contributed by atoms with Gasteiger partial charge in [-0.3, -0.25) is 13.7 Å². The molecule has 0 atom stereocenters. The highest BCUT2D eigenvalue weighted by molar-refractivity contribution is 7.53. The summed E-state index contributed by atoms with van der Waals surface area (Å²) in [5.41, 5.74) is 5.04. The lowest BCUT2D eigenvalue weighted by Gasteiger charge is -2.26. The van der Waals surface area contributed by atoms with E-state index in [2.05, 4.69) is 4.90 Å². The van der Waals surface area contributed by atoms with Crippen LogP contribution in [0.4, 0.5) is 17.1 Å². The summed E-state index contributed by atoms with van der Waals surface area (Å²) in [6.07, 6.45) is 0.493. The Morgan fingerprint density at radius 2 is 0.587 bits per heavy atom. The highest BCUT2D eigenvalue weighted by Gasteiger charge is 2.27. The van der Waals surface area contributed by atoms with Gasteiger partial charge in [-0.2, -0.15) is 0 Å². The van der Waals surface area contributed by atoms with Crippen molar-refractivity contribution in [3.05, 3.63) is 89.5 Å². The van der Waals surface area contributed by atoms with Crippen LogP contribution >= 0.6 is 22.8 Å². The fraction of sp³-hybridized carbons (Fsp3) is 0.455. The van der Waals surface area contributed by atoms with E-state index in [-0.39, 0.29) is 18.5 Å². The first-order chi connectivity index (χ1) is 22.0. The summed E-state index contributed by atoms with van der Waals surface area (Å²) in [5, 5.41) is 0. The molecule has 0 saturated carbocycles. The summed E-state index contributed by atoms with van der Waals surface area (Å²) in [5.74, 6) is 0. The lowest BCUT2D eigenvalue weighted by atomic mass is 10.1. The third-order valence-electron chi connectivity index (χ3n) is 6.67. The van der Waals surface area contributed by atoms with Crippen LogP contribution in [-0.2, 0) is 59.3 Å². The van der Waals surface area contributed by atoms with Gasteiger partial charge in [0.05, 0.1) is 58.1 Å². The van der Waals surface area contributed by atoms with Crippen molar-refractivity contribution in [1.29, 1.82) is 0 Å². The van der Waals surface area contributed by atoms with Crippen LogP contribution in [0.2, 0.25) is 0 Å². The SMILES string of the molecule is CCOP(=O)(Cc1ccc(N(c2ccc(CP(=O)(OCC)OCC)cc2)c2ccc(CP(=O)(OCC)OCC)cc2)cc1)OCC. The number of hydrogen-bond acceptors (Lipinski definition) is 10. The van der Waals surface area contributed by atoms with E-state index in [1.165, 1.54) is 0 Å². The molecule has 13 heteroatoms. The van der Waals surface area contributed by atoms with Gasteiger partial charge in [-0.25, -0.2) is 0 Å². The average Bonchev–Trinajstić information content (AvgIpc) is 3.00. The molecule has 0 unspecified atom stereocenters. The number of anilines is 3. The van der Waals surface area contributed by atoms with Crippen LogP contribution in [0, 0.1) is 0 Å². The van der Waals surface area contributed by atoms with Crippen LogP contribution in [-0.4, -0.2) is 39.6 Å². The fourth-order valence-corrected chi connectivity index (χ4v) is 10.0. The molecule has 3 aromatic carbocycles. The van der Waals surface area contributed by atoms with Gasteiger partial charge in [-0.15, -0.1) is 0 Å². The van der Waals surface area contributed by atoms with E-state index in [0.29, 0.717) is 39.6 Å². The summed E-state index contributed by atoms with van der Waals surface area (Å²) in [6, 6.07) is 23.2. The number of rotatable bonds is 21. The first-order valence-corrected chi connectivity index (χ1v) is 20.9. The van der Waals surface area contributed by atoms with E-state index >= 15 is 0 Å².